The smallest absolute Gasteiger partial charge is 0.0991 e. The Morgan fingerprint density at radius 2 is 1.69 bits per heavy atom. The Morgan fingerprint density at radius 3 is 2.29 bits per heavy atom. The molecule has 0 aliphatic carbocycles. The number of nitriles is 2. The van der Waals surface area contributed by atoms with Gasteiger partial charge in [-0.15, -0.1) is 0 Å². The van der Waals surface area contributed by atoms with E-state index >= 15 is 0 Å². The highest BCUT2D eigenvalue weighted by atomic mass is 35.5. The van der Waals surface area contributed by atoms with Crippen molar-refractivity contribution in [2.75, 3.05) is 7.11 Å². The largest absolute Gasteiger partial charge is 0.314 e. The lowest BCUT2D eigenvalue weighted by Crippen LogP contribution is -2.42. The summed E-state index contributed by atoms with van der Waals surface area (Å²) in [6.07, 6.45) is 0.767. The van der Waals surface area contributed by atoms with Gasteiger partial charge >= 0.3 is 0 Å². The monoisotopic (exact) mass is 503 g/mol. The van der Waals surface area contributed by atoms with E-state index in [2.05, 4.69) is 42.6 Å². The lowest BCUT2D eigenvalue weighted by Gasteiger charge is -2.36. The number of hydrogen-bond acceptors (Lipinski definition) is 5. The van der Waals surface area contributed by atoms with Crippen molar-refractivity contribution in [1.29, 1.82) is 10.5 Å². The van der Waals surface area contributed by atoms with Gasteiger partial charge in [0.05, 0.1) is 36.3 Å². The average molecular weight is 504 g/mol. The molecule has 35 heavy (non-hydrogen) atoms. The van der Waals surface area contributed by atoms with Crippen LogP contribution >= 0.6 is 23.6 Å². The fourth-order valence-corrected chi connectivity index (χ4v) is 4.84. The van der Waals surface area contributed by atoms with Gasteiger partial charge < -0.3 is 9.50 Å². The van der Waals surface area contributed by atoms with Crippen molar-refractivity contribution in [3.8, 4) is 12.1 Å². The lowest BCUT2D eigenvalue weighted by atomic mass is 9.79. The Morgan fingerprint density at radius 1 is 1.00 bits per heavy atom. The lowest BCUT2D eigenvalue weighted by molar-refractivity contribution is 0.281. The summed E-state index contributed by atoms with van der Waals surface area (Å²) in [4.78, 5) is 1.01. The number of benzene rings is 3. The molecule has 3 atom stereocenters. The summed E-state index contributed by atoms with van der Waals surface area (Å²) in [6.45, 7) is 6.06. The molecule has 3 aromatic rings. The molecular formula is C29H30ClN3OS. The summed E-state index contributed by atoms with van der Waals surface area (Å²) >= 11 is 7.42. The minimum atomic E-state index is -0.649. The quantitative estimate of drug-likeness (QED) is 0.291. The number of rotatable bonds is 10. The molecule has 1 unspecified atom stereocenters. The minimum Gasteiger partial charge on any atom is -0.314 e. The molecule has 6 heteroatoms. The van der Waals surface area contributed by atoms with Gasteiger partial charge in [-0.2, -0.15) is 10.5 Å². The van der Waals surface area contributed by atoms with Crippen LogP contribution in [0.4, 0.5) is 0 Å². The number of halogens is 1. The molecule has 0 saturated heterocycles. The first-order valence-corrected chi connectivity index (χ1v) is 12.6. The first-order valence-electron chi connectivity index (χ1n) is 11.5. The van der Waals surface area contributed by atoms with Crippen LogP contribution in [0.5, 0.6) is 0 Å². The number of hydrogen-bond donors (Lipinski definition) is 1. The SMILES string of the molecule is COSc1ccc(C(N[C@@H](C)[C@@H](Cc2ccc(Cl)cc2)c2cccc(C#N)c2)C(C)(C)C#N)cc1. The first-order chi connectivity index (χ1) is 16.8. The van der Waals surface area contributed by atoms with E-state index in [1.807, 2.05) is 68.4 Å². The highest BCUT2D eigenvalue weighted by Crippen LogP contribution is 2.36. The van der Waals surface area contributed by atoms with Crippen molar-refractivity contribution < 1.29 is 4.18 Å². The predicted octanol–water partition coefficient (Wildman–Crippen LogP) is 7.46. The van der Waals surface area contributed by atoms with E-state index in [1.54, 1.807) is 7.11 Å². The zero-order valence-electron chi connectivity index (χ0n) is 20.5. The van der Waals surface area contributed by atoms with Gasteiger partial charge in [0, 0.05) is 33.9 Å². The maximum atomic E-state index is 10.00. The van der Waals surface area contributed by atoms with Gasteiger partial charge in [0.15, 0.2) is 0 Å². The molecule has 0 bridgehead atoms. The second kappa shape index (κ2) is 12.2. The van der Waals surface area contributed by atoms with Gasteiger partial charge in [-0.05, 0) is 80.3 Å². The molecule has 0 heterocycles. The predicted molar refractivity (Wildman–Crippen MR) is 143 cm³/mol. The molecular weight excluding hydrogens is 474 g/mol. The molecule has 4 nitrogen and oxygen atoms in total. The standard InChI is InChI=1S/C29H30ClN3OS/c1-20(33-28(29(2,3)19-32)23-10-14-26(15-11-23)35-34-4)27(17-21-8-12-25(30)13-9-21)24-7-5-6-22(16-24)18-31/h5-16,20,27-28,33H,17H2,1-4H3/t20-,27+,28?/m0/s1. The Kier molecular flexibility index (Phi) is 9.38. The molecule has 1 N–H and O–H groups in total. The van der Waals surface area contributed by atoms with Crippen LogP contribution in [0, 0.1) is 28.1 Å². The molecule has 0 aromatic heterocycles. The summed E-state index contributed by atoms with van der Waals surface area (Å²) in [6, 6.07) is 28.3. The fraction of sp³-hybridized carbons (Fsp3) is 0.310. The number of nitrogens with zero attached hydrogens (tertiary/aromatic N) is 2. The Labute approximate surface area is 218 Å². The van der Waals surface area contributed by atoms with Gasteiger partial charge in [0.1, 0.15) is 0 Å². The summed E-state index contributed by atoms with van der Waals surface area (Å²) in [7, 11) is 1.64. The van der Waals surface area contributed by atoms with Gasteiger partial charge in [-0.1, -0.05) is 48.0 Å². The third-order valence-electron chi connectivity index (χ3n) is 6.25. The molecule has 0 spiro atoms. The highest BCUT2D eigenvalue weighted by Gasteiger charge is 2.34. The first kappa shape index (κ1) is 26.8. The van der Waals surface area contributed by atoms with Crippen LogP contribution in [0.15, 0.2) is 77.7 Å². The second-order valence-corrected chi connectivity index (χ2v) is 10.6. The van der Waals surface area contributed by atoms with Crippen molar-refractivity contribution in [3.63, 3.8) is 0 Å². The van der Waals surface area contributed by atoms with Gasteiger partial charge in [-0.3, -0.25) is 0 Å². The van der Waals surface area contributed by atoms with Crippen LogP contribution in [0.1, 0.15) is 55.0 Å². The molecule has 0 amide bonds. The van der Waals surface area contributed by atoms with Crippen LogP contribution < -0.4 is 5.32 Å². The molecule has 0 aliphatic rings. The Balaban J connectivity index is 1.96. The van der Waals surface area contributed by atoms with E-state index in [0.717, 1.165) is 28.0 Å². The van der Waals surface area contributed by atoms with Crippen LogP contribution in [0.25, 0.3) is 0 Å². The van der Waals surface area contributed by atoms with E-state index in [1.165, 1.54) is 12.0 Å². The van der Waals surface area contributed by atoms with E-state index in [0.29, 0.717) is 10.6 Å². The van der Waals surface area contributed by atoms with Crippen molar-refractivity contribution in [1.82, 2.24) is 5.32 Å². The highest BCUT2D eigenvalue weighted by molar-refractivity contribution is 7.94. The Hall–Kier alpha value is -2.80. The van der Waals surface area contributed by atoms with E-state index in [-0.39, 0.29) is 18.0 Å². The summed E-state index contributed by atoms with van der Waals surface area (Å²) in [5, 5.41) is 23.9. The zero-order chi connectivity index (χ0) is 25.4. The molecule has 3 rings (SSSR count). The summed E-state index contributed by atoms with van der Waals surface area (Å²) < 4.78 is 5.16. The third kappa shape index (κ3) is 7.10. The maximum Gasteiger partial charge on any atom is 0.0991 e. The fourth-order valence-electron chi connectivity index (χ4n) is 4.27. The zero-order valence-corrected chi connectivity index (χ0v) is 22.0. The summed E-state index contributed by atoms with van der Waals surface area (Å²) in [5.41, 5.74) is 3.27. The molecule has 0 radical (unpaired) electrons. The van der Waals surface area contributed by atoms with E-state index in [9.17, 15) is 10.5 Å². The molecule has 0 aliphatic heterocycles. The van der Waals surface area contributed by atoms with Crippen LogP contribution in [0.3, 0.4) is 0 Å². The number of nitrogens with one attached hydrogen (secondary N) is 1. The van der Waals surface area contributed by atoms with Crippen molar-refractivity contribution >= 4 is 23.6 Å². The van der Waals surface area contributed by atoms with Gasteiger partial charge in [-0.25, -0.2) is 0 Å². The van der Waals surface area contributed by atoms with E-state index in [4.69, 9.17) is 15.8 Å². The Bertz CT molecular complexity index is 1200. The van der Waals surface area contributed by atoms with Crippen LogP contribution in [-0.4, -0.2) is 13.2 Å². The van der Waals surface area contributed by atoms with Crippen LogP contribution in [-0.2, 0) is 10.6 Å². The third-order valence-corrected chi connectivity index (χ3v) is 7.13. The minimum absolute atomic E-state index is 0.00488. The maximum absolute atomic E-state index is 10.00. The topological polar surface area (TPSA) is 68.8 Å². The molecule has 0 saturated carbocycles. The molecule has 3 aromatic carbocycles. The van der Waals surface area contributed by atoms with Crippen molar-refractivity contribution in [3.05, 3.63) is 100 Å². The van der Waals surface area contributed by atoms with Gasteiger partial charge in [0.2, 0.25) is 0 Å². The second-order valence-electron chi connectivity index (χ2n) is 9.22. The van der Waals surface area contributed by atoms with Crippen LogP contribution in [0.2, 0.25) is 5.02 Å². The van der Waals surface area contributed by atoms with E-state index < -0.39 is 5.41 Å². The molecule has 180 valence electrons. The summed E-state index contributed by atoms with van der Waals surface area (Å²) in [5.74, 6) is 0.0739. The van der Waals surface area contributed by atoms with Gasteiger partial charge in [0.25, 0.3) is 0 Å². The van der Waals surface area contributed by atoms with Crippen molar-refractivity contribution in [2.45, 2.75) is 50.1 Å². The van der Waals surface area contributed by atoms with Crippen molar-refractivity contribution in [2.24, 2.45) is 5.41 Å². The normalized spacial score (nSPS) is 13.9. The average Bonchev–Trinajstić information content (AvgIpc) is 2.87. The molecule has 0 fully saturated rings.